The highest BCUT2D eigenvalue weighted by molar-refractivity contribution is 6.05. The summed E-state index contributed by atoms with van der Waals surface area (Å²) >= 11 is 0. The number of nitrogens with one attached hydrogen (secondary N) is 2. The number of amides is 2. The third kappa shape index (κ3) is 10.1. The van der Waals surface area contributed by atoms with E-state index in [1.807, 2.05) is 42.5 Å². The van der Waals surface area contributed by atoms with Crippen molar-refractivity contribution in [1.82, 2.24) is 34.7 Å². The van der Waals surface area contributed by atoms with Crippen molar-refractivity contribution in [2.45, 2.75) is 0 Å². The van der Waals surface area contributed by atoms with E-state index >= 15 is 0 Å². The Morgan fingerprint density at radius 1 is 0.567 bits per heavy atom. The predicted molar refractivity (Wildman–Crippen MR) is 230 cm³/mol. The number of piperazine rings is 2. The van der Waals surface area contributed by atoms with Crippen LogP contribution in [0.25, 0.3) is 22.5 Å². The number of benzene rings is 2. The Hall–Kier alpha value is -7.11. The number of aromatic nitrogens is 5. The molecule has 2 aliphatic rings. The molecule has 2 fully saturated rings. The first kappa shape index (κ1) is 41.1. The van der Waals surface area contributed by atoms with Crippen LogP contribution in [0.3, 0.4) is 0 Å². The van der Waals surface area contributed by atoms with Crippen LogP contribution < -0.4 is 31.9 Å². The Labute approximate surface area is 346 Å². The van der Waals surface area contributed by atoms with Crippen molar-refractivity contribution in [1.29, 1.82) is 0 Å². The van der Waals surface area contributed by atoms with Gasteiger partial charge in [-0.25, -0.2) is 33.7 Å². The second-order valence-electron chi connectivity index (χ2n) is 14.4. The van der Waals surface area contributed by atoms with Crippen molar-refractivity contribution in [2.24, 2.45) is 0 Å². The molecule has 17 heteroatoms. The molecule has 4 aromatic heterocycles. The molecule has 0 bridgehead atoms. The van der Waals surface area contributed by atoms with Crippen LogP contribution in [0.1, 0.15) is 20.7 Å². The first-order valence-corrected chi connectivity index (χ1v) is 19.3. The average Bonchev–Trinajstić information content (AvgIpc) is 3.27. The lowest BCUT2D eigenvalue weighted by atomic mass is 10.1. The summed E-state index contributed by atoms with van der Waals surface area (Å²) in [6.45, 7) is 7.36. The molecule has 15 nitrogen and oxygen atoms in total. The molecule has 60 heavy (non-hydrogen) atoms. The summed E-state index contributed by atoms with van der Waals surface area (Å²) in [4.78, 5) is 56.0. The number of nitrogens with zero attached hydrogens (tertiary/aromatic N) is 9. The highest BCUT2D eigenvalue weighted by Gasteiger charge is 2.19. The maximum absolute atomic E-state index is 13.6. The number of hydrogen-bond donors (Lipinski definition) is 4. The molecule has 2 amide bonds. The molecule has 2 aliphatic heterocycles. The van der Waals surface area contributed by atoms with Crippen LogP contribution in [-0.4, -0.2) is 113 Å². The van der Waals surface area contributed by atoms with Gasteiger partial charge in [-0.3, -0.25) is 9.59 Å². The lowest BCUT2D eigenvalue weighted by molar-refractivity contribution is 0.101. The van der Waals surface area contributed by atoms with E-state index in [2.05, 4.69) is 69.2 Å². The molecular weight excluding hydrogens is 769 g/mol. The fraction of sp³-hybridized carbons (Fsp3) is 0.233. The molecule has 0 spiro atoms. The van der Waals surface area contributed by atoms with Crippen LogP contribution in [0.2, 0.25) is 0 Å². The summed E-state index contributed by atoms with van der Waals surface area (Å²) < 4.78 is 26.8. The summed E-state index contributed by atoms with van der Waals surface area (Å²) in [7, 11) is 4.18. The highest BCUT2D eigenvalue weighted by Crippen LogP contribution is 2.26. The zero-order valence-electron chi connectivity index (χ0n) is 33.2. The van der Waals surface area contributed by atoms with Gasteiger partial charge in [0.1, 0.15) is 5.82 Å². The van der Waals surface area contributed by atoms with Gasteiger partial charge in [0.05, 0.1) is 33.9 Å². The monoisotopic (exact) mass is 813 g/mol. The third-order valence-corrected chi connectivity index (χ3v) is 10.1. The topological polar surface area (TPSA) is 188 Å². The van der Waals surface area contributed by atoms with Crippen molar-refractivity contribution < 1.29 is 18.4 Å². The van der Waals surface area contributed by atoms with Gasteiger partial charge in [-0.15, -0.1) is 0 Å². The zero-order chi connectivity index (χ0) is 42.2. The van der Waals surface area contributed by atoms with E-state index in [0.717, 1.165) is 81.6 Å². The molecule has 0 saturated carbocycles. The number of carbonyl (C=O) groups excluding carboxylic acids is 2. The average molecular weight is 814 g/mol. The number of likely N-dealkylation sites (N-methyl/N-ethyl adjacent to an activating group) is 2. The van der Waals surface area contributed by atoms with E-state index in [0.29, 0.717) is 39.8 Å². The molecule has 2 aromatic carbocycles. The van der Waals surface area contributed by atoms with Crippen LogP contribution in [0, 0.1) is 11.6 Å². The minimum absolute atomic E-state index is 0.135. The summed E-state index contributed by atoms with van der Waals surface area (Å²) in [5, 5.41) is 5.43. The summed E-state index contributed by atoms with van der Waals surface area (Å²) in [5.74, 6) is -0.775. The molecule has 6 heterocycles. The summed E-state index contributed by atoms with van der Waals surface area (Å²) in [5.41, 5.74) is 15.7. The van der Waals surface area contributed by atoms with Crippen LogP contribution >= 0.6 is 0 Å². The van der Waals surface area contributed by atoms with Crippen LogP contribution in [-0.2, 0) is 0 Å². The highest BCUT2D eigenvalue weighted by atomic mass is 19.2. The number of hydrogen-bond acceptors (Lipinski definition) is 13. The molecule has 0 aliphatic carbocycles. The summed E-state index contributed by atoms with van der Waals surface area (Å²) in [6, 6.07) is 23.4. The lowest BCUT2D eigenvalue weighted by Crippen LogP contribution is -2.45. The second-order valence-corrected chi connectivity index (χ2v) is 14.4. The lowest BCUT2D eigenvalue weighted by Gasteiger charge is -2.33. The smallest absolute Gasteiger partial charge is 0.260 e. The number of halogens is 2. The molecule has 8 rings (SSSR count). The van der Waals surface area contributed by atoms with Crippen molar-refractivity contribution in [3.63, 3.8) is 0 Å². The number of anilines is 6. The summed E-state index contributed by atoms with van der Waals surface area (Å²) in [6.07, 6.45) is 4.58. The van der Waals surface area contributed by atoms with Crippen molar-refractivity contribution in [2.75, 3.05) is 98.4 Å². The van der Waals surface area contributed by atoms with Gasteiger partial charge in [-0.1, -0.05) is 30.3 Å². The number of nitrogen functional groups attached to an aromatic ring is 2. The van der Waals surface area contributed by atoms with Gasteiger partial charge >= 0.3 is 0 Å². The number of nitrogens with two attached hydrogens (primary N) is 2. The molecular formula is C43H45F2N13O2. The Morgan fingerprint density at radius 2 is 1.10 bits per heavy atom. The van der Waals surface area contributed by atoms with Gasteiger partial charge < -0.3 is 41.7 Å². The van der Waals surface area contributed by atoms with Gasteiger partial charge in [-0.05, 0) is 68.7 Å². The quantitative estimate of drug-likeness (QED) is 0.159. The third-order valence-electron chi connectivity index (χ3n) is 10.1. The van der Waals surface area contributed by atoms with Gasteiger partial charge in [0.15, 0.2) is 23.3 Å². The Kier molecular flexibility index (Phi) is 12.8. The molecule has 0 unspecified atom stereocenters. The van der Waals surface area contributed by atoms with Crippen LogP contribution in [0.15, 0.2) is 104 Å². The maximum Gasteiger partial charge on any atom is 0.260 e. The van der Waals surface area contributed by atoms with Crippen molar-refractivity contribution in [3.05, 3.63) is 126 Å². The molecule has 6 aromatic rings. The molecule has 6 N–H and O–H groups in total. The SMILES string of the molecule is CN1CCN(c2ccc(C(=O)Nc3nc(-c4ccc(F)c(F)c4)ccc3N)cn2)CC1.CN1CCN(c2ncc(C(=O)Nc3nc(-c4ccccc4)ccc3N)cn2)CC1. The number of carbonyl (C=O) groups is 2. The zero-order valence-corrected chi connectivity index (χ0v) is 33.2. The normalized spacial score (nSPS) is 14.5. The molecule has 308 valence electrons. The molecule has 0 atom stereocenters. The van der Waals surface area contributed by atoms with Gasteiger partial charge in [0.25, 0.3) is 11.8 Å². The molecule has 0 radical (unpaired) electrons. The maximum atomic E-state index is 13.6. The first-order valence-electron chi connectivity index (χ1n) is 19.3. The Balaban J connectivity index is 0.000000182. The van der Waals surface area contributed by atoms with E-state index in [4.69, 9.17) is 11.5 Å². The van der Waals surface area contributed by atoms with Gasteiger partial charge in [-0.2, -0.15) is 0 Å². The Morgan fingerprint density at radius 3 is 1.65 bits per heavy atom. The molecule has 2 saturated heterocycles. The minimum Gasteiger partial charge on any atom is -0.396 e. The van der Waals surface area contributed by atoms with E-state index < -0.39 is 17.5 Å². The largest absolute Gasteiger partial charge is 0.396 e. The first-order chi connectivity index (χ1) is 29.0. The van der Waals surface area contributed by atoms with Crippen LogP contribution in [0.5, 0.6) is 0 Å². The van der Waals surface area contributed by atoms with Crippen LogP contribution in [0.4, 0.5) is 43.6 Å². The Bertz CT molecular complexity index is 2420. The van der Waals surface area contributed by atoms with Crippen molar-refractivity contribution in [3.8, 4) is 22.5 Å². The standard InChI is InChI=1S/C22H22F2N6O.C21H23N7O/c1-29-8-10-30(11-9-29)20-7-3-15(13-26-20)22(31)28-21-18(25)5-6-19(27-21)14-2-4-16(23)17(24)12-14;1-27-9-11-28(12-10-27)21-23-13-16(14-24-21)20(29)26-19-17(22)7-8-18(25-19)15-5-3-2-4-6-15/h2-7,12-13H,8-11,25H2,1H3,(H,27,28,31);2-8,13-14H,9-12,22H2,1H3,(H,25,26,29). The number of rotatable bonds is 8. The fourth-order valence-electron chi connectivity index (χ4n) is 6.44. The second kappa shape index (κ2) is 18.6. The number of pyridine rings is 3. The fourth-order valence-corrected chi connectivity index (χ4v) is 6.44. The van der Waals surface area contributed by atoms with E-state index in [-0.39, 0.29) is 17.4 Å². The van der Waals surface area contributed by atoms with Gasteiger partial charge in [0.2, 0.25) is 5.95 Å². The van der Waals surface area contributed by atoms with E-state index in [1.165, 1.54) is 24.7 Å². The predicted octanol–water partition coefficient (Wildman–Crippen LogP) is 5.13. The van der Waals surface area contributed by atoms with Gasteiger partial charge in [0, 0.05) is 82.1 Å². The van der Waals surface area contributed by atoms with E-state index in [1.54, 1.807) is 24.3 Å². The van der Waals surface area contributed by atoms with E-state index in [9.17, 15) is 18.4 Å². The van der Waals surface area contributed by atoms with Crippen molar-refractivity contribution >= 4 is 46.6 Å². The minimum atomic E-state index is -0.978.